The van der Waals surface area contributed by atoms with Gasteiger partial charge in [-0.1, -0.05) is 30.2 Å². The molecule has 0 bridgehead atoms. The average molecular weight is 446 g/mol. The van der Waals surface area contributed by atoms with E-state index in [0.717, 1.165) is 36.3 Å². The van der Waals surface area contributed by atoms with Crippen molar-refractivity contribution in [2.45, 2.75) is 44.7 Å². The summed E-state index contributed by atoms with van der Waals surface area (Å²) in [5, 5.41) is 9.32. The van der Waals surface area contributed by atoms with Gasteiger partial charge in [-0.3, -0.25) is 5.32 Å². The molecule has 1 aliphatic heterocycles. The summed E-state index contributed by atoms with van der Waals surface area (Å²) >= 11 is 1.41. The summed E-state index contributed by atoms with van der Waals surface area (Å²) in [7, 11) is 3.09. The number of carbonyl (C=O) groups is 2. The monoisotopic (exact) mass is 445 g/mol. The van der Waals surface area contributed by atoms with Gasteiger partial charge in [0.25, 0.3) is 0 Å². The van der Waals surface area contributed by atoms with Gasteiger partial charge in [-0.2, -0.15) is 0 Å². The minimum absolute atomic E-state index is 0.210. The maximum atomic E-state index is 12.8. The number of hydrogen-bond acceptors (Lipinski definition) is 6. The van der Waals surface area contributed by atoms with Crippen LogP contribution in [0.1, 0.15) is 36.3 Å². The molecule has 166 valence electrons. The van der Waals surface area contributed by atoms with E-state index in [1.165, 1.54) is 18.4 Å². The molecule has 0 saturated heterocycles. The molecule has 1 fully saturated rings. The van der Waals surface area contributed by atoms with Crippen LogP contribution in [0.15, 0.2) is 18.2 Å². The molecule has 0 radical (unpaired) electrons. The first kappa shape index (κ1) is 21.2. The van der Waals surface area contributed by atoms with Crippen molar-refractivity contribution in [2.75, 3.05) is 31.4 Å². The van der Waals surface area contributed by atoms with Crippen molar-refractivity contribution in [1.82, 2.24) is 15.2 Å². The molecular formula is C21H27N5O4S. The van der Waals surface area contributed by atoms with Gasteiger partial charge in [0.15, 0.2) is 16.6 Å². The van der Waals surface area contributed by atoms with Crippen LogP contribution in [-0.2, 0) is 13.0 Å². The minimum Gasteiger partial charge on any atom is -0.493 e. The van der Waals surface area contributed by atoms with Crippen LogP contribution < -0.4 is 25.4 Å². The highest BCUT2D eigenvalue weighted by Crippen LogP contribution is 2.35. The Hall–Kier alpha value is -3.01. The number of urea groups is 2. The van der Waals surface area contributed by atoms with E-state index in [9.17, 15) is 9.59 Å². The van der Waals surface area contributed by atoms with Crippen molar-refractivity contribution in [3.63, 3.8) is 0 Å². The first-order valence-corrected chi connectivity index (χ1v) is 11.2. The summed E-state index contributed by atoms with van der Waals surface area (Å²) < 4.78 is 10.7. The maximum Gasteiger partial charge on any atom is 0.322 e. The van der Waals surface area contributed by atoms with Crippen LogP contribution in [0.2, 0.25) is 0 Å². The van der Waals surface area contributed by atoms with Crippen LogP contribution in [0.3, 0.4) is 0 Å². The number of methoxy groups -OCH3 is 2. The van der Waals surface area contributed by atoms with E-state index in [0.29, 0.717) is 41.8 Å². The van der Waals surface area contributed by atoms with Gasteiger partial charge in [-0.15, -0.1) is 0 Å². The fourth-order valence-electron chi connectivity index (χ4n) is 3.99. The topological polar surface area (TPSA) is 105 Å². The zero-order valence-electron chi connectivity index (χ0n) is 17.7. The standard InChI is InChI=1S/C21H27N5O4S/c1-29-16-9-5-8-15(18(16)30-2)24-21(28)26-11-10-14-17(12-26)31-20(23-14)25-19(27)22-13-6-3-4-7-13/h5,8-9,13H,3-4,6-7,10-12H2,1-2H3,(H,24,28)(H2,22,23,25,27). The third-order valence-electron chi connectivity index (χ3n) is 5.57. The normalized spacial score (nSPS) is 15.9. The summed E-state index contributed by atoms with van der Waals surface area (Å²) in [6.07, 6.45) is 5.03. The number of anilines is 2. The van der Waals surface area contributed by atoms with Crippen molar-refractivity contribution < 1.29 is 19.1 Å². The molecule has 2 aromatic rings. The Bertz CT molecular complexity index is 957. The molecule has 31 heavy (non-hydrogen) atoms. The van der Waals surface area contributed by atoms with E-state index in [-0.39, 0.29) is 18.1 Å². The van der Waals surface area contributed by atoms with Crippen LogP contribution in [0.5, 0.6) is 11.5 Å². The molecule has 1 aromatic carbocycles. The smallest absolute Gasteiger partial charge is 0.322 e. The number of carbonyl (C=O) groups excluding carboxylic acids is 2. The first-order valence-electron chi connectivity index (χ1n) is 10.4. The molecule has 3 N–H and O–H groups in total. The quantitative estimate of drug-likeness (QED) is 0.649. The molecule has 0 spiro atoms. The fourth-order valence-corrected chi connectivity index (χ4v) is 5.01. The zero-order valence-corrected chi connectivity index (χ0v) is 18.5. The van der Waals surface area contributed by atoms with E-state index in [1.54, 1.807) is 30.2 Å². The van der Waals surface area contributed by atoms with Crippen molar-refractivity contribution in [3.8, 4) is 11.5 Å². The molecular weight excluding hydrogens is 418 g/mol. The van der Waals surface area contributed by atoms with Crippen LogP contribution >= 0.6 is 11.3 Å². The highest BCUT2D eigenvalue weighted by atomic mass is 32.1. The fraction of sp³-hybridized carbons (Fsp3) is 0.476. The second-order valence-corrected chi connectivity index (χ2v) is 8.70. The lowest BCUT2D eigenvalue weighted by molar-refractivity contribution is 0.206. The van der Waals surface area contributed by atoms with E-state index >= 15 is 0 Å². The lowest BCUT2D eigenvalue weighted by Crippen LogP contribution is -2.38. The van der Waals surface area contributed by atoms with Crippen molar-refractivity contribution >= 4 is 34.2 Å². The Morgan fingerprint density at radius 3 is 2.71 bits per heavy atom. The SMILES string of the molecule is COc1cccc(NC(=O)N2CCc3nc(NC(=O)NC4CCCC4)sc3C2)c1OC. The second kappa shape index (κ2) is 9.42. The molecule has 0 unspecified atom stereocenters. The molecule has 0 atom stereocenters. The summed E-state index contributed by atoms with van der Waals surface area (Å²) in [6, 6.07) is 5.16. The number of aromatic nitrogens is 1. The van der Waals surface area contributed by atoms with Crippen molar-refractivity contribution in [2.24, 2.45) is 0 Å². The maximum absolute atomic E-state index is 12.8. The Morgan fingerprint density at radius 1 is 1.16 bits per heavy atom. The minimum atomic E-state index is -0.223. The van der Waals surface area contributed by atoms with Crippen molar-refractivity contribution in [1.29, 1.82) is 0 Å². The van der Waals surface area contributed by atoms with Crippen LogP contribution in [0.4, 0.5) is 20.4 Å². The number of ether oxygens (including phenoxy) is 2. The first-order chi connectivity index (χ1) is 15.1. The molecule has 1 aromatic heterocycles. The number of amides is 4. The molecule has 2 aliphatic rings. The lowest BCUT2D eigenvalue weighted by atomic mass is 10.2. The van der Waals surface area contributed by atoms with Gasteiger partial charge in [0.2, 0.25) is 0 Å². The molecule has 1 aliphatic carbocycles. The van der Waals surface area contributed by atoms with Gasteiger partial charge in [0.05, 0.1) is 32.1 Å². The summed E-state index contributed by atoms with van der Waals surface area (Å²) in [5.41, 5.74) is 1.48. The third-order valence-corrected chi connectivity index (χ3v) is 6.57. The number of rotatable bonds is 5. The number of thiazole rings is 1. The molecule has 4 amide bonds. The molecule has 2 heterocycles. The number of fused-ring (bicyclic) bond motifs is 1. The molecule has 10 heteroatoms. The molecule has 9 nitrogen and oxygen atoms in total. The summed E-state index contributed by atoms with van der Waals surface area (Å²) in [5.74, 6) is 1.03. The Kier molecular flexibility index (Phi) is 6.45. The second-order valence-electron chi connectivity index (χ2n) is 7.61. The zero-order chi connectivity index (χ0) is 21.8. The van der Waals surface area contributed by atoms with Gasteiger partial charge < -0.3 is 25.0 Å². The van der Waals surface area contributed by atoms with Gasteiger partial charge in [0, 0.05) is 23.9 Å². The summed E-state index contributed by atoms with van der Waals surface area (Å²) in [4.78, 5) is 32.3. The number of benzene rings is 1. The van der Waals surface area contributed by atoms with Gasteiger partial charge in [-0.25, -0.2) is 14.6 Å². The Morgan fingerprint density at radius 2 is 1.97 bits per heavy atom. The van der Waals surface area contributed by atoms with Crippen LogP contribution in [-0.4, -0.2) is 48.8 Å². The lowest BCUT2D eigenvalue weighted by Gasteiger charge is -2.26. The van der Waals surface area contributed by atoms with Gasteiger partial charge >= 0.3 is 12.1 Å². The predicted octanol–water partition coefficient (Wildman–Crippen LogP) is 3.81. The Balaban J connectivity index is 1.37. The molecule has 4 rings (SSSR count). The summed E-state index contributed by atoms with van der Waals surface area (Å²) in [6.45, 7) is 0.986. The van der Waals surface area contributed by atoms with E-state index < -0.39 is 0 Å². The van der Waals surface area contributed by atoms with Gasteiger partial charge in [-0.05, 0) is 25.0 Å². The van der Waals surface area contributed by atoms with Crippen molar-refractivity contribution in [3.05, 3.63) is 28.8 Å². The molecule has 1 saturated carbocycles. The van der Waals surface area contributed by atoms with Gasteiger partial charge in [0.1, 0.15) is 0 Å². The largest absolute Gasteiger partial charge is 0.493 e. The highest BCUT2D eigenvalue weighted by molar-refractivity contribution is 7.15. The van der Waals surface area contributed by atoms with Crippen LogP contribution in [0.25, 0.3) is 0 Å². The third kappa shape index (κ3) is 4.84. The highest BCUT2D eigenvalue weighted by Gasteiger charge is 2.26. The number of para-hydroxylation sites is 1. The average Bonchev–Trinajstić information content (AvgIpc) is 3.41. The van der Waals surface area contributed by atoms with Crippen LogP contribution in [0, 0.1) is 0 Å². The Labute approximate surface area is 185 Å². The predicted molar refractivity (Wildman–Crippen MR) is 119 cm³/mol. The van der Waals surface area contributed by atoms with E-state index in [2.05, 4.69) is 20.9 Å². The van der Waals surface area contributed by atoms with E-state index in [1.807, 2.05) is 0 Å². The number of hydrogen-bond donors (Lipinski definition) is 3. The number of nitrogens with one attached hydrogen (secondary N) is 3. The number of nitrogens with zero attached hydrogens (tertiary/aromatic N) is 2. The van der Waals surface area contributed by atoms with E-state index in [4.69, 9.17) is 9.47 Å².